The summed E-state index contributed by atoms with van der Waals surface area (Å²) in [6.45, 7) is 6.30. The van der Waals surface area contributed by atoms with E-state index < -0.39 is 5.60 Å². The average Bonchev–Trinajstić information content (AvgIpc) is 3.32. The van der Waals surface area contributed by atoms with Crippen LogP contribution in [0.15, 0.2) is 36.9 Å². The lowest BCUT2D eigenvalue weighted by Crippen LogP contribution is -2.52. The number of rotatable bonds is 5. The highest BCUT2D eigenvalue weighted by molar-refractivity contribution is 5.85. The molecule has 5 heteroatoms. The molecule has 1 saturated heterocycles. The van der Waals surface area contributed by atoms with Gasteiger partial charge in [0.1, 0.15) is 5.75 Å². The summed E-state index contributed by atoms with van der Waals surface area (Å²) in [7, 11) is 0. The van der Waals surface area contributed by atoms with Crippen LogP contribution in [0.4, 0.5) is 0 Å². The van der Waals surface area contributed by atoms with Crippen LogP contribution in [0.1, 0.15) is 44.2 Å². The molecule has 0 bridgehead atoms. The van der Waals surface area contributed by atoms with E-state index in [0.717, 1.165) is 51.1 Å². The minimum Gasteiger partial charge on any atom is -0.478 e. The summed E-state index contributed by atoms with van der Waals surface area (Å²) in [6, 6.07) is 6.28. The predicted molar refractivity (Wildman–Crippen MR) is 105 cm³/mol. The summed E-state index contributed by atoms with van der Waals surface area (Å²) < 4.78 is 8.28. The lowest BCUT2D eigenvalue weighted by atomic mass is 9.96. The molecule has 0 spiro atoms. The van der Waals surface area contributed by atoms with Crippen LogP contribution in [0.2, 0.25) is 0 Å². The van der Waals surface area contributed by atoms with Gasteiger partial charge in [-0.2, -0.15) is 0 Å². The van der Waals surface area contributed by atoms with Crippen LogP contribution < -0.4 is 4.74 Å². The Morgan fingerprint density at radius 2 is 2.11 bits per heavy atom. The van der Waals surface area contributed by atoms with Gasteiger partial charge in [-0.15, -0.1) is 0 Å². The highest BCUT2D eigenvalue weighted by atomic mass is 16.5. The Labute approximate surface area is 161 Å². The summed E-state index contributed by atoms with van der Waals surface area (Å²) in [5.74, 6) is 1.35. The molecule has 2 heterocycles. The number of aryl methyl sites for hydroxylation is 2. The molecule has 0 unspecified atom stereocenters. The van der Waals surface area contributed by atoms with Crippen LogP contribution in [0.5, 0.6) is 5.75 Å². The van der Waals surface area contributed by atoms with Gasteiger partial charge in [-0.3, -0.25) is 4.79 Å². The number of benzene rings is 1. The molecule has 0 saturated carbocycles. The maximum absolute atomic E-state index is 13.2. The first kappa shape index (κ1) is 18.1. The Balaban J connectivity index is 1.41. The summed E-state index contributed by atoms with van der Waals surface area (Å²) in [5, 5.41) is 0. The van der Waals surface area contributed by atoms with E-state index in [1.807, 2.05) is 37.3 Å². The van der Waals surface area contributed by atoms with E-state index in [1.165, 1.54) is 17.5 Å². The van der Waals surface area contributed by atoms with Crippen LogP contribution in [-0.4, -0.2) is 39.0 Å². The van der Waals surface area contributed by atoms with Gasteiger partial charge in [-0.1, -0.05) is 6.07 Å². The van der Waals surface area contributed by atoms with Gasteiger partial charge in [-0.05, 0) is 75.1 Å². The van der Waals surface area contributed by atoms with E-state index in [9.17, 15) is 4.79 Å². The third-order valence-corrected chi connectivity index (χ3v) is 5.79. The predicted octanol–water partition coefficient (Wildman–Crippen LogP) is 3.47. The number of hydrogen-bond acceptors (Lipinski definition) is 3. The first-order valence-electron chi connectivity index (χ1n) is 10.1. The Morgan fingerprint density at radius 1 is 1.26 bits per heavy atom. The molecule has 1 aromatic carbocycles. The monoisotopic (exact) mass is 367 g/mol. The number of piperidine rings is 1. The Morgan fingerprint density at radius 3 is 2.93 bits per heavy atom. The molecule has 2 aliphatic rings. The lowest BCUT2D eigenvalue weighted by molar-refractivity contribution is -0.147. The maximum atomic E-state index is 13.2. The van der Waals surface area contributed by atoms with Crippen molar-refractivity contribution in [3.05, 3.63) is 48.0 Å². The molecule has 0 N–H and O–H groups in total. The molecular formula is C22H29N3O2. The van der Waals surface area contributed by atoms with Crippen LogP contribution in [0.25, 0.3) is 0 Å². The minimum atomic E-state index is -0.857. The first-order valence-corrected chi connectivity index (χ1v) is 10.1. The fourth-order valence-electron chi connectivity index (χ4n) is 4.42. The van der Waals surface area contributed by atoms with Crippen molar-refractivity contribution < 1.29 is 9.53 Å². The number of aromatic nitrogens is 2. The van der Waals surface area contributed by atoms with Crippen molar-refractivity contribution in [2.45, 2.75) is 58.1 Å². The number of hydrogen-bond donors (Lipinski definition) is 0. The zero-order valence-electron chi connectivity index (χ0n) is 16.4. The highest BCUT2D eigenvalue weighted by Gasteiger charge is 2.36. The van der Waals surface area contributed by atoms with E-state index in [4.69, 9.17) is 4.74 Å². The van der Waals surface area contributed by atoms with Gasteiger partial charge in [0.05, 0.1) is 6.33 Å². The number of fused-ring (bicyclic) bond motifs is 1. The molecule has 2 aromatic rings. The van der Waals surface area contributed by atoms with Crippen LogP contribution >= 0.6 is 0 Å². The number of imidazole rings is 1. The first-order chi connectivity index (χ1) is 13.0. The fourth-order valence-corrected chi connectivity index (χ4v) is 4.42. The number of likely N-dealkylation sites (tertiary alicyclic amines) is 1. The summed E-state index contributed by atoms with van der Waals surface area (Å²) in [4.78, 5) is 19.3. The van der Waals surface area contributed by atoms with Crippen LogP contribution in [-0.2, 0) is 24.2 Å². The molecule has 1 aromatic heterocycles. The number of carbonyl (C=O) groups is 1. The van der Waals surface area contributed by atoms with Gasteiger partial charge in [0, 0.05) is 32.0 Å². The molecule has 1 fully saturated rings. The molecular weight excluding hydrogens is 338 g/mol. The second-order valence-electron chi connectivity index (χ2n) is 8.42. The summed E-state index contributed by atoms with van der Waals surface area (Å²) in [5.41, 5.74) is 1.93. The highest BCUT2D eigenvalue weighted by Crippen LogP contribution is 2.29. The number of ether oxygens (including phenoxy) is 1. The van der Waals surface area contributed by atoms with Gasteiger partial charge >= 0.3 is 0 Å². The van der Waals surface area contributed by atoms with Crippen LogP contribution in [0.3, 0.4) is 0 Å². The largest absolute Gasteiger partial charge is 0.478 e. The van der Waals surface area contributed by atoms with E-state index in [1.54, 1.807) is 6.20 Å². The third kappa shape index (κ3) is 4.02. The van der Waals surface area contributed by atoms with Crippen LogP contribution in [0, 0.1) is 5.92 Å². The molecule has 27 heavy (non-hydrogen) atoms. The zero-order valence-corrected chi connectivity index (χ0v) is 16.4. The smallest absolute Gasteiger partial charge is 0.266 e. The molecule has 1 amide bonds. The Bertz CT molecular complexity index is 798. The van der Waals surface area contributed by atoms with E-state index >= 15 is 0 Å². The second-order valence-corrected chi connectivity index (χ2v) is 8.42. The van der Waals surface area contributed by atoms with Gasteiger partial charge in [-0.25, -0.2) is 4.98 Å². The molecule has 0 radical (unpaired) electrons. The topological polar surface area (TPSA) is 47.4 Å². The van der Waals surface area contributed by atoms with E-state index in [2.05, 4.69) is 21.7 Å². The third-order valence-electron chi connectivity index (χ3n) is 5.79. The van der Waals surface area contributed by atoms with E-state index in [0.29, 0.717) is 5.92 Å². The van der Waals surface area contributed by atoms with Gasteiger partial charge in [0.25, 0.3) is 5.91 Å². The molecule has 144 valence electrons. The van der Waals surface area contributed by atoms with Crippen molar-refractivity contribution in [2.24, 2.45) is 5.92 Å². The van der Waals surface area contributed by atoms with Crippen molar-refractivity contribution in [2.75, 3.05) is 13.1 Å². The van der Waals surface area contributed by atoms with Crippen molar-refractivity contribution in [1.29, 1.82) is 0 Å². The Kier molecular flexibility index (Phi) is 4.94. The molecule has 1 aliphatic carbocycles. The quantitative estimate of drug-likeness (QED) is 0.813. The second kappa shape index (κ2) is 7.37. The van der Waals surface area contributed by atoms with Gasteiger partial charge < -0.3 is 14.2 Å². The molecule has 5 nitrogen and oxygen atoms in total. The number of nitrogens with zero attached hydrogens (tertiary/aromatic N) is 3. The molecule has 4 rings (SSSR count). The maximum Gasteiger partial charge on any atom is 0.266 e. The van der Waals surface area contributed by atoms with Crippen molar-refractivity contribution in [1.82, 2.24) is 14.5 Å². The van der Waals surface area contributed by atoms with Gasteiger partial charge in [0.2, 0.25) is 0 Å². The minimum absolute atomic E-state index is 0.0818. The van der Waals surface area contributed by atoms with E-state index in [-0.39, 0.29) is 5.91 Å². The SMILES string of the molecule is CC(C)(Oc1ccc2c(c1)CCC2)C(=O)N1CCC[C@H](Cn2ccnc2)C1. The zero-order chi connectivity index (χ0) is 18.9. The van der Waals surface area contributed by atoms with Crippen molar-refractivity contribution in [3.8, 4) is 5.75 Å². The summed E-state index contributed by atoms with van der Waals surface area (Å²) in [6.07, 6.45) is 11.3. The van der Waals surface area contributed by atoms with Crippen molar-refractivity contribution in [3.63, 3.8) is 0 Å². The number of amides is 1. The van der Waals surface area contributed by atoms with Gasteiger partial charge in [0.15, 0.2) is 5.60 Å². The lowest BCUT2D eigenvalue weighted by Gasteiger charge is -2.37. The molecule has 1 atom stereocenters. The number of carbonyl (C=O) groups excluding carboxylic acids is 1. The average molecular weight is 367 g/mol. The van der Waals surface area contributed by atoms with Crippen molar-refractivity contribution >= 4 is 5.91 Å². The molecule has 1 aliphatic heterocycles. The standard InChI is InChI=1S/C22H29N3O2/c1-22(2,27-20-9-8-18-6-3-7-19(18)13-20)21(26)25-11-4-5-17(15-25)14-24-12-10-23-16-24/h8-10,12-13,16-17H,3-7,11,14-15H2,1-2H3/t17-/m1/s1. The normalized spacial score (nSPS) is 19.8. The Hall–Kier alpha value is -2.30. The summed E-state index contributed by atoms with van der Waals surface area (Å²) >= 11 is 0. The fraction of sp³-hybridized carbons (Fsp3) is 0.545.